The number of hydrogen-bond acceptors (Lipinski definition) is 3. The van der Waals surface area contributed by atoms with Gasteiger partial charge in [-0.1, -0.05) is 22.9 Å². The Morgan fingerprint density at radius 1 is 1.33 bits per heavy atom. The zero-order chi connectivity index (χ0) is 17.7. The van der Waals surface area contributed by atoms with Gasteiger partial charge in [0.2, 0.25) is 5.91 Å². The number of benzene rings is 1. The standard InChI is InChI=1S/C18H24BrN3OS/c1-12(10-22-6-5-20-15(22)4)9-21-18(23)11-24-17-8-13(2)16(19)7-14(17)3/h5-8,12H,9-11H2,1-4H3,(H,21,23). The maximum atomic E-state index is 12.1. The van der Waals surface area contributed by atoms with Gasteiger partial charge in [-0.3, -0.25) is 4.79 Å². The molecular weight excluding hydrogens is 386 g/mol. The van der Waals surface area contributed by atoms with Gasteiger partial charge in [0.15, 0.2) is 0 Å². The van der Waals surface area contributed by atoms with E-state index < -0.39 is 0 Å². The zero-order valence-electron chi connectivity index (χ0n) is 14.6. The number of hydrogen-bond donors (Lipinski definition) is 1. The van der Waals surface area contributed by atoms with Crippen LogP contribution in [0.4, 0.5) is 0 Å². The molecule has 0 aliphatic carbocycles. The van der Waals surface area contributed by atoms with Crippen LogP contribution in [0.15, 0.2) is 33.9 Å². The minimum Gasteiger partial charge on any atom is -0.355 e. The van der Waals surface area contributed by atoms with Gasteiger partial charge in [-0.25, -0.2) is 4.98 Å². The third-order valence-electron chi connectivity index (χ3n) is 3.89. The van der Waals surface area contributed by atoms with Gasteiger partial charge < -0.3 is 9.88 Å². The van der Waals surface area contributed by atoms with E-state index >= 15 is 0 Å². The molecule has 1 atom stereocenters. The van der Waals surface area contributed by atoms with E-state index in [0.717, 1.165) is 21.7 Å². The van der Waals surface area contributed by atoms with Crippen LogP contribution in [-0.2, 0) is 11.3 Å². The number of rotatable bonds is 7. The van der Waals surface area contributed by atoms with Crippen LogP contribution in [0, 0.1) is 26.7 Å². The van der Waals surface area contributed by atoms with Gasteiger partial charge in [0.1, 0.15) is 5.82 Å². The second-order valence-corrected chi connectivity index (χ2v) is 8.06. The van der Waals surface area contributed by atoms with Crippen LogP contribution in [0.1, 0.15) is 23.9 Å². The van der Waals surface area contributed by atoms with E-state index in [1.54, 1.807) is 18.0 Å². The topological polar surface area (TPSA) is 46.9 Å². The summed E-state index contributed by atoms with van der Waals surface area (Å²) >= 11 is 5.12. The van der Waals surface area contributed by atoms with Gasteiger partial charge in [-0.15, -0.1) is 11.8 Å². The van der Waals surface area contributed by atoms with Crippen LogP contribution in [-0.4, -0.2) is 27.8 Å². The highest BCUT2D eigenvalue weighted by atomic mass is 79.9. The number of nitrogens with one attached hydrogen (secondary N) is 1. The maximum Gasteiger partial charge on any atom is 0.230 e. The van der Waals surface area contributed by atoms with E-state index in [1.165, 1.54) is 11.1 Å². The minimum absolute atomic E-state index is 0.0779. The van der Waals surface area contributed by atoms with Crippen molar-refractivity contribution in [3.63, 3.8) is 0 Å². The van der Waals surface area contributed by atoms with Gasteiger partial charge in [-0.2, -0.15) is 0 Å². The summed E-state index contributed by atoms with van der Waals surface area (Å²) in [4.78, 5) is 17.5. The van der Waals surface area contributed by atoms with Crippen molar-refractivity contribution in [2.45, 2.75) is 39.1 Å². The number of aromatic nitrogens is 2. The molecule has 1 amide bonds. The Morgan fingerprint density at radius 3 is 2.75 bits per heavy atom. The number of amides is 1. The number of halogens is 1. The van der Waals surface area contributed by atoms with E-state index in [4.69, 9.17) is 0 Å². The van der Waals surface area contributed by atoms with Crippen LogP contribution >= 0.6 is 27.7 Å². The van der Waals surface area contributed by atoms with Gasteiger partial charge in [-0.05, 0) is 49.9 Å². The fraction of sp³-hybridized carbons (Fsp3) is 0.444. The lowest BCUT2D eigenvalue weighted by Crippen LogP contribution is -2.31. The summed E-state index contributed by atoms with van der Waals surface area (Å²) < 4.78 is 3.22. The van der Waals surface area contributed by atoms with Crippen molar-refractivity contribution in [2.75, 3.05) is 12.3 Å². The molecule has 0 fully saturated rings. The average molecular weight is 410 g/mol. The van der Waals surface area contributed by atoms with Crippen LogP contribution in [0.3, 0.4) is 0 Å². The van der Waals surface area contributed by atoms with Gasteiger partial charge in [0, 0.05) is 34.9 Å². The third kappa shape index (κ3) is 5.38. The number of nitrogens with zero attached hydrogens (tertiary/aromatic N) is 2. The molecule has 24 heavy (non-hydrogen) atoms. The smallest absolute Gasteiger partial charge is 0.230 e. The normalized spacial score (nSPS) is 12.2. The van der Waals surface area contributed by atoms with Crippen molar-refractivity contribution in [3.05, 3.63) is 46.0 Å². The van der Waals surface area contributed by atoms with E-state index in [-0.39, 0.29) is 5.91 Å². The predicted octanol–water partition coefficient (Wildman–Crippen LogP) is 4.12. The first kappa shape index (κ1) is 19.1. The van der Waals surface area contributed by atoms with Gasteiger partial charge in [0.05, 0.1) is 5.75 Å². The van der Waals surface area contributed by atoms with Crippen LogP contribution in [0.5, 0.6) is 0 Å². The summed E-state index contributed by atoms with van der Waals surface area (Å²) in [6.07, 6.45) is 3.78. The zero-order valence-corrected chi connectivity index (χ0v) is 17.0. The first-order chi connectivity index (χ1) is 11.4. The molecule has 0 saturated heterocycles. The number of thioether (sulfide) groups is 1. The Hall–Kier alpha value is -1.27. The molecule has 0 radical (unpaired) electrons. The summed E-state index contributed by atoms with van der Waals surface area (Å²) in [5.41, 5.74) is 2.38. The summed E-state index contributed by atoms with van der Waals surface area (Å²) in [5, 5.41) is 3.03. The quantitative estimate of drug-likeness (QED) is 0.699. The van der Waals surface area contributed by atoms with Crippen LogP contribution in [0.2, 0.25) is 0 Å². The monoisotopic (exact) mass is 409 g/mol. The van der Waals surface area contributed by atoms with E-state index in [1.807, 2.05) is 13.1 Å². The molecule has 4 nitrogen and oxygen atoms in total. The molecule has 130 valence electrons. The number of carbonyl (C=O) groups excluding carboxylic acids is 1. The highest BCUT2D eigenvalue weighted by molar-refractivity contribution is 9.10. The molecule has 0 aliphatic rings. The molecule has 0 aliphatic heterocycles. The lowest BCUT2D eigenvalue weighted by Gasteiger charge is -2.14. The Morgan fingerprint density at radius 2 is 2.08 bits per heavy atom. The lowest BCUT2D eigenvalue weighted by atomic mass is 10.2. The van der Waals surface area contributed by atoms with E-state index in [9.17, 15) is 4.79 Å². The number of carbonyl (C=O) groups is 1. The van der Waals surface area contributed by atoms with Crippen LogP contribution in [0.25, 0.3) is 0 Å². The van der Waals surface area contributed by atoms with Crippen molar-refractivity contribution in [1.29, 1.82) is 0 Å². The molecule has 1 heterocycles. The fourth-order valence-corrected chi connectivity index (χ4v) is 3.78. The molecule has 0 bridgehead atoms. The van der Waals surface area contributed by atoms with Crippen LogP contribution < -0.4 is 5.32 Å². The number of imidazole rings is 1. The lowest BCUT2D eigenvalue weighted by molar-refractivity contribution is -0.118. The molecule has 1 N–H and O–H groups in total. The first-order valence-corrected chi connectivity index (χ1v) is 9.78. The predicted molar refractivity (Wildman–Crippen MR) is 103 cm³/mol. The van der Waals surface area contributed by atoms with Gasteiger partial charge in [0.25, 0.3) is 0 Å². The second-order valence-electron chi connectivity index (χ2n) is 6.19. The third-order valence-corrected chi connectivity index (χ3v) is 5.91. The molecule has 0 saturated carbocycles. The Balaban J connectivity index is 1.77. The Labute approximate surface area is 156 Å². The maximum absolute atomic E-state index is 12.1. The second kappa shape index (κ2) is 8.72. The van der Waals surface area contributed by atoms with Crippen molar-refractivity contribution in [3.8, 4) is 0 Å². The largest absolute Gasteiger partial charge is 0.355 e. The molecule has 1 unspecified atom stereocenters. The van der Waals surface area contributed by atoms with Crippen molar-refractivity contribution in [2.24, 2.45) is 5.92 Å². The van der Waals surface area contributed by atoms with Crippen molar-refractivity contribution < 1.29 is 4.79 Å². The fourth-order valence-electron chi connectivity index (χ4n) is 2.39. The van der Waals surface area contributed by atoms with E-state index in [0.29, 0.717) is 18.2 Å². The molecule has 1 aromatic heterocycles. The Kier molecular flexibility index (Phi) is 6.92. The summed E-state index contributed by atoms with van der Waals surface area (Å²) in [5.74, 6) is 1.89. The van der Waals surface area contributed by atoms with Crippen molar-refractivity contribution in [1.82, 2.24) is 14.9 Å². The molecule has 1 aromatic carbocycles. The Bertz CT molecular complexity index is 714. The SMILES string of the molecule is Cc1cc(SCC(=O)NCC(C)Cn2ccnc2C)c(C)cc1Br. The average Bonchev–Trinajstić information content (AvgIpc) is 2.92. The highest BCUT2D eigenvalue weighted by Gasteiger charge is 2.10. The molecule has 2 rings (SSSR count). The summed E-state index contributed by atoms with van der Waals surface area (Å²) in [6.45, 7) is 9.80. The van der Waals surface area contributed by atoms with Crippen molar-refractivity contribution >= 4 is 33.6 Å². The minimum atomic E-state index is 0.0779. The summed E-state index contributed by atoms with van der Waals surface area (Å²) in [6, 6.07) is 4.23. The summed E-state index contributed by atoms with van der Waals surface area (Å²) in [7, 11) is 0. The molecule has 6 heteroatoms. The van der Waals surface area contributed by atoms with Gasteiger partial charge >= 0.3 is 0 Å². The molecule has 0 spiro atoms. The van der Waals surface area contributed by atoms with E-state index in [2.05, 4.69) is 63.7 Å². The highest BCUT2D eigenvalue weighted by Crippen LogP contribution is 2.28. The molecular formula is C18H24BrN3OS. The molecule has 2 aromatic rings. The first-order valence-electron chi connectivity index (χ1n) is 8.00. The number of aryl methyl sites for hydroxylation is 3.